The lowest BCUT2D eigenvalue weighted by Crippen LogP contribution is -2.31. The van der Waals surface area contributed by atoms with Crippen LogP contribution in [0.15, 0.2) is 5.16 Å². The molecule has 0 saturated carbocycles. The Bertz CT molecular complexity index is 196. The monoisotopic (exact) mass is 231 g/mol. The molecule has 5 nitrogen and oxygen atoms in total. The average molecular weight is 231 g/mol. The molecule has 0 aliphatic heterocycles. The largest absolute Gasteiger partial charge is 0.409 e. The average Bonchev–Trinajstić information content (AvgIpc) is 2.25. The highest BCUT2D eigenvalue weighted by Crippen LogP contribution is 1.95. The first-order chi connectivity index (χ1) is 7.57. The summed E-state index contributed by atoms with van der Waals surface area (Å²) in [5.41, 5.74) is 5.45. The lowest BCUT2D eigenvalue weighted by molar-refractivity contribution is 0.0760. The number of nitrogens with zero attached hydrogens (tertiary/aromatic N) is 1. The number of nitrogens with two attached hydrogens (primary N) is 1. The van der Waals surface area contributed by atoms with Crippen LogP contribution in [0.25, 0.3) is 0 Å². The van der Waals surface area contributed by atoms with Crippen LogP contribution in [0.1, 0.15) is 33.6 Å². The predicted molar refractivity (Wildman–Crippen MR) is 65.8 cm³/mol. The van der Waals surface area contributed by atoms with Gasteiger partial charge < -0.3 is 21.0 Å². The molecule has 0 radical (unpaired) electrons. The van der Waals surface area contributed by atoms with Gasteiger partial charge in [-0.2, -0.15) is 0 Å². The van der Waals surface area contributed by atoms with E-state index in [1.54, 1.807) is 0 Å². The zero-order chi connectivity index (χ0) is 12.4. The third kappa shape index (κ3) is 8.49. The van der Waals surface area contributed by atoms with Gasteiger partial charge in [0.2, 0.25) is 0 Å². The van der Waals surface area contributed by atoms with E-state index in [0.717, 1.165) is 32.5 Å². The molecular formula is C11H25N3O2. The summed E-state index contributed by atoms with van der Waals surface area (Å²) in [4.78, 5) is 0. The van der Waals surface area contributed by atoms with Crippen molar-refractivity contribution in [3.05, 3.63) is 0 Å². The summed E-state index contributed by atoms with van der Waals surface area (Å²) in [7, 11) is 0. The quantitative estimate of drug-likeness (QED) is 0.183. The molecule has 4 N–H and O–H groups in total. The molecule has 0 aromatic rings. The Labute approximate surface area is 98.0 Å². The molecule has 0 saturated heterocycles. The molecule has 0 fully saturated rings. The van der Waals surface area contributed by atoms with Crippen molar-refractivity contribution in [3.63, 3.8) is 0 Å². The van der Waals surface area contributed by atoms with E-state index in [2.05, 4.69) is 10.5 Å². The van der Waals surface area contributed by atoms with Gasteiger partial charge in [0.1, 0.15) is 5.84 Å². The van der Waals surface area contributed by atoms with E-state index < -0.39 is 0 Å². The first kappa shape index (κ1) is 15.2. The van der Waals surface area contributed by atoms with E-state index in [1.165, 1.54) is 0 Å². The second-order valence-corrected chi connectivity index (χ2v) is 4.26. The van der Waals surface area contributed by atoms with Crippen LogP contribution in [0.5, 0.6) is 0 Å². The van der Waals surface area contributed by atoms with Gasteiger partial charge in [0.05, 0.1) is 6.10 Å². The fraction of sp³-hybridized carbons (Fsp3) is 0.909. The number of oxime groups is 1. The molecular weight excluding hydrogens is 206 g/mol. The number of rotatable bonds is 9. The van der Waals surface area contributed by atoms with E-state index in [0.29, 0.717) is 6.10 Å². The smallest absolute Gasteiger partial charge is 0.143 e. The Hall–Kier alpha value is -0.810. The van der Waals surface area contributed by atoms with Gasteiger partial charge in [0, 0.05) is 19.1 Å². The lowest BCUT2D eigenvalue weighted by atomic mass is 10.1. The summed E-state index contributed by atoms with van der Waals surface area (Å²) in [6.45, 7) is 8.48. The number of hydrogen-bond donors (Lipinski definition) is 3. The van der Waals surface area contributed by atoms with Gasteiger partial charge in [0.15, 0.2) is 0 Å². The van der Waals surface area contributed by atoms with Crippen LogP contribution in [-0.2, 0) is 4.74 Å². The number of hydrogen-bond acceptors (Lipinski definition) is 4. The molecule has 16 heavy (non-hydrogen) atoms. The molecule has 96 valence electrons. The van der Waals surface area contributed by atoms with Crippen molar-refractivity contribution >= 4 is 5.84 Å². The maximum Gasteiger partial charge on any atom is 0.143 e. The third-order valence-electron chi connectivity index (χ3n) is 2.27. The van der Waals surface area contributed by atoms with Crippen molar-refractivity contribution in [3.8, 4) is 0 Å². The van der Waals surface area contributed by atoms with Crippen LogP contribution in [0, 0.1) is 5.92 Å². The molecule has 0 rings (SSSR count). The summed E-state index contributed by atoms with van der Waals surface area (Å²) in [5, 5.41) is 14.7. The highest BCUT2D eigenvalue weighted by Gasteiger charge is 2.05. The van der Waals surface area contributed by atoms with E-state index in [1.807, 2.05) is 20.8 Å². The van der Waals surface area contributed by atoms with Gasteiger partial charge in [-0.3, -0.25) is 0 Å². The molecule has 0 bridgehead atoms. The van der Waals surface area contributed by atoms with Crippen LogP contribution in [-0.4, -0.2) is 36.8 Å². The lowest BCUT2D eigenvalue weighted by Gasteiger charge is -2.11. The Kier molecular flexibility index (Phi) is 8.94. The maximum absolute atomic E-state index is 8.45. The van der Waals surface area contributed by atoms with Crippen LogP contribution in [0.3, 0.4) is 0 Å². The van der Waals surface area contributed by atoms with Crippen LogP contribution < -0.4 is 11.1 Å². The molecule has 5 heteroatoms. The van der Waals surface area contributed by atoms with E-state index in [-0.39, 0.29) is 11.8 Å². The molecule has 1 unspecified atom stereocenters. The van der Waals surface area contributed by atoms with E-state index in [4.69, 9.17) is 15.7 Å². The van der Waals surface area contributed by atoms with Crippen molar-refractivity contribution in [1.82, 2.24) is 5.32 Å². The first-order valence-electron chi connectivity index (χ1n) is 5.87. The predicted octanol–water partition coefficient (Wildman–Crippen LogP) is 1.16. The van der Waals surface area contributed by atoms with Crippen molar-refractivity contribution < 1.29 is 9.94 Å². The zero-order valence-electron chi connectivity index (χ0n) is 10.6. The summed E-state index contributed by atoms with van der Waals surface area (Å²) < 4.78 is 5.43. The van der Waals surface area contributed by atoms with Crippen LogP contribution >= 0.6 is 0 Å². The molecule has 0 spiro atoms. The Morgan fingerprint density at radius 3 is 2.62 bits per heavy atom. The minimum absolute atomic E-state index is 0.0666. The Morgan fingerprint density at radius 1 is 1.38 bits per heavy atom. The van der Waals surface area contributed by atoms with Crippen LogP contribution in [0.4, 0.5) is 0 Å². The maximum atomic E-state index is 8.45. The number of unbranched alkanes of at least 4 members (excludes halogenated alkanes) is 1. The van der Waals surface area contributed by atoms with Gasteiger partial charge in [-0.15, -0.1) is 0 Å². The summed E-state index contributed by atoms with van der Waals surface area (Å²) in [6.07, 6.45) is 2.45. The van der Waals surface area contributed by atoms with Crippen LogP contribution in [0.2, 0.25) is 0 Å². The van der Waals surface area contributed by atoms with Gasteiger partial charge >= 0.3 is 0 Å². The highest BCUT2D eigenvalue weighted by atomic mass is 16.5. The van der Waals surface area contributed by atoms with E-state index >= 15 is 0 Å². The molecule has 0 amide bonds. The zero-order valence-corrected chi connectivity index (χ0v) is 10.6. The fourth-order valence-corrected chi connectivity index (χ4v) is 1.19. The highest BCUT2D eigenvalue weighted by molar-refractivity contribution is 5.82. The second kappa shape index (κ2) is 9.42. The normalized spacial score (nSPS) is 14.4. The minimum Gasteiger partial charge on any atom is -0.409 e. The van der Waals surface area contributed by atoms with Gasteiger partial charge in [-0.1, -0.05) is 12.1 Å². The fourth-order valence-electron chi connectivity index (χ4n) is 1.19. The van der Waals surface area contributed by atoms with Gasteiger partial charge in [0.25, 0.3) is 0 Å². The van der Waals surface area contributed by atoms with Gasteiger partial charge in [-0.05, 0) is 33.2 Å². The Balaban J connectivity index is 3.27. The van der Waals surface area contributed by atoms with Crippen molar-refractivity contribution in [1.29, 1.82) is 0 Å². The van der Waals surface area contributed by atoms with Crippen molar-refractivity contribution in [2.45, 2.75) is 39.7 Å². The molecule has 0 aliphatic carbocycles. The topological polar surface area (TPSA) is 79.9 Å². The number of nitrogens with one attached hydrogen (secondary N) is 1. The summed E-state index contributed by atoms with van der Waals surface area (Å²) in [5.74, 6) is 0.340. The Morgan fingerprint density at radius 2 is 2.06 bits per heavy atom. The first-order valence-corrected chi connectivity index (χ1v) is 5.87. The number of amidine groups is 1. The minimum atomic E-state index is 0.0666. The standard InChI is InChI=1S/C11H25N3O2/c1-9(2)16-7-5-4-6-13-8-10(3)11(12)14-15/h9-10,13,15H,4-8H2,1-3H3,(H2,12,14). The molecule has 0 aliphatic rings. The molecule has 0 aromatic heterocycles. The molecule has 1 atom stereocenters. The molecule has 0 aromatic carbocycles. The van der Waals surface area contributed by atoms with Crippen molar-refractivity contribution in [2.75, 3.05) is 19.7 Å². The summed E-state index contributed by atoms with van der Waals surface area (Å²) >= 11 is 0. The second-order valence-electron chi connectivity index (χ2n) is 4.26. The summed E-state index contributed by atoms with van der Waals surface area (Å²) in [6, 6.07) is 0. The molecule has 0 heterocycles. The number of ether oxygens (including phenoxy) is 1. The van der Waals surface area contributed by atoms with Crippen molar-refractivity contribution in [2.24, 2.45) is 16.8 Å². The van der Waals surface area contributed by atoms with E-state index in [9.17, 15) is 0 Å². The van der Waals surface area contributed by atoms with Gasteiger partial charge in [-0.25, -0.2) is 0 Å². The third-order valence-corrected chi connectivity index (χ3v) is 2.27. The SMILES string of the molecule is CC(C)OCCCCNCC(C)C(N)=NO.